The molecule has 88 valence electrons. The SMILES string of the molecule is CN(CCO)C(C(=O)O)c1ccccc1Cl. The summed E-state index contributed by atoms with van der Waals surface area (Å²) in [5.74, 6) is -0.982. The molecule has 1 unspecified atom stereocenters. The molecule has 0 spiro atoms. The minimum absolute atomic E-state index is 0.0925. The highest BCUT2D eigenvalue weighted by Gasteiger charge is 2.25. The zero-order valence-electron chi connectivity index (χ0n) is 8.93. The number of carboxylic acid groups (broad SMARTS) is 1. The maximum absolute atomic E-state index is 11.2. The standard InChI is InChI=1S/C11H14ClNO3/c1-13(6-7-14)10(11(15)16)8-4-2-3-5-9(8)12/h2-5,10,14H,6-7H2,1H3,(H,15,16). The third-order valence-electron chi connectivity index (χ3n) is 2.33. The van der Waals surface area contributed by atoms with Crippen molar-refractivity contribution in [2.24, 2.45) is 0 Å². The molecule has 0 saturated heterocycles. The molecule has 0 radical (unpaired) electrons. The summed E-state index contributed by atoms with van der Waals surface area (Å²) in [5, 5.41) is 18.4. The van der Waals surface area contributed by atoms with E-state index in [4.69, 9.17) is 21.8 Å². The Morgan fingerprint density at radius 2 is 2.12 bits per heavy atom. The van der Waals surface area contributed by atoms with E-state index >= 15 is 0 Å². The Morgan fingerprint density at radius 3 is 2.62 bits per heavy atom. The smallest absolute Gasteiger partial charge is 0.325 e. The Bertz CT molecular complexity index is 370. The number of nitrogens with zero attached hydrogens (tertiary/aromatic N) is 1. The molecular weight excluding hydrogens is 230 g/mol. The van der Waals surface area contributed by atoms with Crippen LogP contribution in [0.25, 0.3) is 0 Å². The Balaban J connectivity index is 3.03. The van der Waals surface area contributed by atoms with Crippen LogP contribution in [0, 0.1) is 0 Å². The van der Waals surface area contributed by atoms with Crippen LogP contribution in [0.3, 0.4) is 0 Å². The lowest BCUT2D eigenvalue weighted by Gasteiger charge is -2.24. The molecule has 2 N–H and O–H groups in total. The van der Waals surface area contributed by atoms with Crippen LogP contribution in [-0.4, -0.2) is 41.3 Å². The molecule has 5 heteroatoms. The number of aliphatic hydroxyl groups is 1. The fourth-order valence-electron chi connectivity index (χ4n) is 1.54. The number of hydrogen-bond donors (Lipinski definition) is 2. The van der Waals surface area contributed by atoms with E-state index in [0.717, 1.165) is 0 Å². The largest absolute Gasteiger partial charge is 0.480 e. The van der Waals surface area contributed by atoms with Crippen LogP contribution in [0.2, 0.25) is 5.02 Å². The minimum atomic E-state index is -0.982. The molecule has 1 aromatic carbocycles. The molecule has 4 nitrogen and oxygen atoms in total. The summed E-state index contributed by atoms with van der Waals surface area (Å²) in [6, 6.07) is 5.98. The second kappa shape index (κ2) is 5.84. The lowest BCUT2D eigenvalue weighted by atomic mass is 10.1. The van der Waals surface area contributed by atoms with E-state index in [2.05, 4.69) is 0 Å². The van der Waals surface area contributed by atoms with E-state index < -0.39 is 12.0 Å². The van der Waals surface area contributed by atoms with Crippen LogP contribution >= 0.6 is 11.6 Å². The molecule has 0 fully saturated rings. The summed E-state index contributed by atoms with van der Waals surface area (Å²) in [6.45, 7) is 0.187. The van der Waals surface area contributed by atoms with Crippen molar-refractivity contribution in [1.29, 1.82) is 0 Å². The lowest BCUT2D eigenvalue weighted by Crippen LogP contribution is -2.33. The quantitative estimate of drug-likeness (QED) is 0.821. The molecule has 0 amide bonds. The molecule has 0 saturated carbocycles. The van der Waals surface area contributed by atoms with Crippen molar-refractivity contribution < 1.29 is 15.0 Å². The van der Waals surface area contributed by atoms with Gasteiger partial charge < -0.3 is 10.2 Å². The van der Waals surface area contributed by atoms with Gasteiger partial charge in [0.05, 0.1) is 6.61 Å². The van der Waals surface area contributed by atoms with Crippen molar-refractivity contribution >= 4 is 17.6 Å². The van der Waals surface area contributed by atoms with Gasteiger partial charge in [-0.3, -0.25) is 9.69 Å². The minimum Gasteiger partial charge on any atom is -0.480 e. The van der Waals surface area contributed by atoms with Gasteiger partial charge in [0.1, 0.15) is 6.04 Å². The maximum atomic E-state index is 11.2. The fraction of sp³-hybridized carbons (Fsp3) is 0.364. The molecule has 1 atom stereocenters. The van der Waals surface area contributed by atoms with Crippen LogP contribution in [0.15, 0.2) is 24.3 Å². The molecule has 1 rings (SSSR count). The van der Waals surface area contributed by atoms with Crippen LogP contribution < -0.4 is 0 Å². The topological polar surface area (TPSA) is 60.8 Å². The number of carbonyl (C=O) groups is 1. The van der Waals surface area contributed by atoms with Crippen molar-refractivity contribution in [2.45, 2.75) is 6.04 Å². The summed E-state index contributed by atoms with van der Waals surface area (Å²) in [4.78, 5) is 12.7. The van der Waals surface area contributed by atoms with Gasteiger partial charge in [-0.15, -0.1) is 0 Å². The molecule has 0 aliphatic rings. The molecule has 0 aliphatic heterocycles. The third-order valence-corrected chi connectivity index (χ3v) is 2.67. The monoisotopic (exact) mass is 243 g/mol. The van der Waals surface area contributed by atoms with Gasteiger partial charge in [0.15, 0.2) is 0 Å². The number of rotatable bonds is 5. The van der Waals surface area contributed by atoms with Crippen LogP contribution in [0.4, 0.5) is 0 Å². The summed E-state index contributed by atoms with van der Waals surface area (Å²) in [7, 11) is 1.64. The van der Waals surface area contributed by atoms with Crippen molar-refractivity contribution in [3.05, 3.63) is 34.9 Å². The summed E-state index contributed by atoms with van der Waals surface area (Å²) < 4.78 is 0. The fourth-order valence-corrected chi connectivity index (χ4v) is 1.78. The van der Waals surface area contributed by atoms with Crippen LogP contribution in [-0.2, 0) is 4.79 Å². The average Bonchev–Trinajstić information content (AvgIpc) is 2.21. The van der Waals surface area contributed by atoms with Gasteiger partial charge in [-0.05, 0) is 18.7 Å². The molecular formula is C11H14ClNO3. The lowest BCUT2D eigenvalue weighted by molar-refractivity contribution is -0.143. The molecule has 0 heterocycles. The first-order valence-corrected chi connectivity index (χ1v) is 5.24. The Kier molecular flexibility index (Phi) is 4.73. The second-order valence-corrected chi connectivity index (χ2v) is 3.87. The van der Waals surface area contributed by atoms with E-state index in [0.29, 0.717) is 10.6 Å². The van der Waals surface area contributed by atoms with Gasteiger partial charge in [0.2, 0.25) is 0 Å². The van der Waals surface area contributed by atoms with Gasteiger partial charge in [0.25, 0.3) is 0 Å². The van der Waals surface area contributed by atoms with Gasteiger partial charge in [-0.25, -0.2) is 0 Å². The van der Waals surface area contributed by atoms with E-state index in [1.165, 1.54) is 0 Å². The molecule has 16 heavy (non-hydrogen) atoms. The first-order chi connectivity index (χ1) is 7.57. The number of carboxylic acids is 1. The summed E-state index contributed by atoms with van der Waals surface area (Å²) in [6.07, 6.45) is 0. The van der Waals surface area contributed by atoms with E-state index in [-0.39, 0.29) is 13.2 Å². The van der Waals surface area contributed by atoms with Gasteiger partial charge in [-0.2, -0.15) is 0 Å². The highest BCUT2D eigenvalue weighted by molar-refractivity contribution is 6.31. The first-order valence-electron chi connectivity index (χ1n) is 4.86. The van der Waals surface area contributed by atoms with E-state index in [1.807, 2.05) is 0 Å². The zero-order valence-corrected chi connectivity index (χ0v) is 9.68. The summed E-state index contributed by atoms with van der Waals surface area (Å²) >= 11 is 5.95. The second-order valence-electron chi connectivity index (χ2n) is 3.47. The Hall–Kier alpha value is -1.10. The number of benzene rings is 1. The number of halogens is 1. The molecule has 0 bridgehead atoms. The third kappa shape index (κ3) is 2.95. The predicted octanol–water partition coefficient (Wildman–Crippen LogP) is 1.39. The van der Waals surface area contributed by atoms with Crippen LogP contribution in [0.1, 0.15) is 11.6 Å². The highest BCUT2D eigenvalue weighted by Crippen LogP contribution is 2.26. The van der Waals surface area contributed by atoms with E-state index in [9.17, 15) is 4.79 Å². The predicted molar refractivity (Wildman–Crippen MR) is 61.5 cm³/mol. The zero-order chi connectivity index (χ0) is 12.1. The Morgan fingerprint density at radius 1 is 1.50 bits per heavy atom. The van der Waals surface area contributed by atoms with E-state index in [1.54, 1.807) is 36.2 Å². The highest BCUT2D eigenvalue weighted by atomic mass is 35.5. The van der Waals surface area contributed by atoms with Gasteiger partial charge in [-0.1, -0.05) is 29.8 Å². The van der Waals surface area contributed by atoms with Crippen molar-refractivity contribution in [2.75, 3.05) is 20.2 Å². The van der Waals surface area contributed by atoms with Gasteiger partial charge in [0, 0.05) is 11.6 Å². The summed E-state index contributed by atoms with van der Waals surface area (Å²) in [5.41, 5.74) is 0.535. The Labute approximate surface area is 99.1 Å². The molecule has 0 aliphatic carbocycles. The molecule has 0 aromatic heterocycles. The van der Waals surface area contributed by atoms with Crippen LogP contribution in [0.5, 0.6) is 0 Å². The average molecular weight is 244 g/mol. The number of aliphatic hydroxyl groups excluding tert-OH is 1. The van der Waals surface area contributed by atoms with Crippen molar-refractivity contribution in [1.82, 2.24) is 4.90 Å². The number of likely N-dealkylation sites (N-methyl/N-ethyl adjacent to an activating group) is 1. The first kappa shape index (κ1) is 13.0. The molecule has 1 aromatic rings. The normalized spacial score (nSPS) is 12.8. The number of aliphatic carboxylic acids is 1. The number of hydrogen-bond acceptors (Lipinski definition) is 3. The maximum Gasteiger partial charge on any atom is 0.325 e. The van der Waals surface area contributed by atoms with Crippen molar-refractivity contribution in [3.8, 4) is 0 Å². The van der Waals surface area contributed by atoms with Crippen molar-refractivity contribution in [3.63, 3.8) is 0 Å². The van der Waals surface area contributed by atoms with Gasteiger partial charge >= 0.3 is 5.97 Å².